The molecule has 0 aliphatic carbocycles. The lowest BCUT2D eigenvalue weighted by Crippen LogP contribution is -2.49. The highest BCUT2D eigenvalue weighted by atomic mass is 127. The van der Waals surface area contributed by atoms with Crippen molar-refractivity contribution in [3.63, 3.8) is 0 Å². The second-order valence-corrected chi connectivity index (χ2v) is 11.3. The number of benzene rings is 2. The van der Waals surface area contributed by atoms with Gasteiger partial charge < -0.3 is 9.80 Å². The van der Waals surface area contributed by atoms with Crippen LogP contribution in [0.25, 0.3) is 22.2 Å². The Morgan fingerprint density at radius 3 is 2.56 bits per heavy atom. The van der Waals surface area contributed by atoms with Crippen molar-refractivity contribution in [2.24, 2.45) is 0 Å². The Balaban J connectivity index is 1.40. The minimum atomic E-state index is -4.84. The summed E-state index contributed by atoms with van der Waals surface area (Å²) in [6.07, 6.45) is -2.09. The predicted octanol–water partition coefficient (Wildman–Crippen LogP) is 6.55. The average molecular weight is 764 g/mol. The van der Waals surface area contributed by atoms with Crippen LogP contribution in [0.15, 0.2) is 54.7 Å². The third-order valence-corrected chi connectivity index (χ3v) is 8.73. The Labute approximate surface area is 248 Å². The van der Waals surface area contributed by atoms with E-state index >= 15 is 0 Å². The highest BCUT2D eigenvalue weighted by Gasteiger charge is 2.38. The smallest absolute Gasteiger partial charge is 0.343 e. The summed E-state index contributed by atoms with van der Waals surface area (Å²) in [5.74, 6) is -1.12. The summed E-state index contributed by atoms with van der Waals surface area (Å²) in [5.41, 5.74) is -0.234. The number of aromatic nitrogens is 4. The van der Waals surface area contributed by atoms with Crippen LogP contribution in [0.2, 0.25) is 0 Å². The number of amides is 1. The lowest BCUT2D eigenvalue weighted by Gasteiger charge is -2.41. The molecule has 0 N–H and O–H groups in total. The zero-order valence-corrected chi connectivity index (χ0v) is 24.9. The Bertz CT molecular complexity index is 1530. The molecule has 39 heavy (non-hydrogen) atoms. The topological polar surface area (TPSA) is 67.2 Å². The maximum atomic E-state index is 13.6. The molecule has 13 heteroatoms. The number of nitrogens with zero attached hydrogens (tertiary/aromatic N) is 6. The van der Waals surface area contributed by atoms with Crippen molar-refractivity contribution in [2.45, 2.75) is 33.7 Å². The van der Waals surface area contributed by atoms with E-state index in [1.54, 1.807) is 6.20 Å². The molecule has 0 spiro atoms. The number of halogens is 6. The van der Waals surface area contributed by atoms with E-state index in [2.05, 4.69) is 65.4 Å². The van der Waals surface area contributed by atoms with Crippen molar-refractivity contribution in [1.82, 2.24) is 24.9 Å². The van der Waals surface area contributed by atoms with Gasteiger partial charge >= 0.3 is 6.18 Å². The summed E-state index contributed by atoms with van der Waals surface area (Å²) in [5, 5.41) is 15.4. The second-order valence-electron chi connectivity index (χ2n) is 9.16. The molecule has 0 radical (unpaired) electrons. The Kier molecular flexibility index (Phi) is 7.99. The van der Waals surface area contributed by atoms with Gasteiger partial charge in [0.25, 0.3) is 5.91 Å². The molecule has 1 aliphatic heterocycles. The minimum absolute atomic E-state index is 0.102. The van der Waals surface area contributed by atoms with Crippen LogP contribution in [0.3, 0.4) is 0 Å². The number of carbonyl (C=O) groups excluding carboxylic acids is 1. The fraction of sp³-hybridized carbons (Fsp3) is 0.308. The normalized spacial score (nSPS) is 18.0. The van der Waals surface area contributed by atoms with Crippen LogP contribution in [0.1, 0.15) is 28.8 Å². The molecule has 1 fully saturated rings. The molecule has 2 aromatic carbocycles. The van der Waals surface area contributed by atoms with E-state index in [-0.39, 0.29) is 10.1 Å². The average Bonchev–Trinajstić information content (AvgIpc) is 3.40. The molecule has 2 atom stereocenters. The molecule has 2 unspecified atom stereocenters. The van der Waals surface area contributed by atoms with E-state index in [1.165, 1.54) is 11.9 Å². The number of alkyl halides is 5. The molecular formula is C26H22F4I2N6O. The van der Waals surface area contributed by atoms with Crippen LogP contribution in [-0.4, -0.2) is 54.5 Å². The Morgan fingerprint density at radius 1 is 1.13 bits per heavy atom. The number of hydrogen-bond acceptors (Lipinski definition) is 5. The number of rotatable bonds is 5. The van der Waals surface area contributed by atoms with Crippen LogP contribution in [0.4, 0.5) is 23.4 Å². The lowest BCUT2D eigenvalue weighted by molar-refractivity contribution is -0.138. The molecule has 5 rings (SSSR count). The first-order valence-electron chi connectivity index (χ1n) is 12.0. The van der Waals surface area contributed by atoms with Crippen molar-refractivity contribution < 1.29 is 22.4 Å². The number of anilines is 1. The van der Waals surface area contributed by atoms with Crippen molar-refractivity contribution >= 4 is 67.7 Å². The maximum absolute atomic E-state index is 13.6. The van der Waals surface area contributed by atoms with Crippen LogP contribution >= 0.6 is 45.2 Å². The van der Waals surface area contributed by atoms with Crippen LogP contribution in [0, 0.1) is 5.82 Å². The number of hydrogen-bond donors (Lipinski definition) is 0. The minimum Gasteiger partial charge on any atom is -0.343 e. The van der Waals surface area contributed by atoms with Gasteiger partial charge in [0.15, 0.2) is 5.82 Å². The van der Waals surface area contributed by atoms with E-state index in [4.69, 9.17) is 0 Å². The third kappa shape index (κ3) is 5.43. The first kappa shape index (κ1) is 28.0. The fourth-order valence-electron chi connectivity index (χ4n) is 4.90. The second kappa shape index (κ2) is 11.1. The van der Waals surface area contributed by atoms with E-state index in [9.17, 15) is 22.4 Å². The molecule has 1 aliphatic rings. The molecule has 7 nitrogen and oxygen atoms in total. The molecule has 0 bridgehead atoms. The summed E-state index contributed by atoms with van der Waals surface area (Å²) in [6, 6.07) is 11.6. The van der Waals surface area contributed by atoms with Crippen LogP contribution in [0.5, 0.6) is 0 Å². The van der Waals surface area contributed by atoms with Gasteiger partial charge in [-0.1, -0.05) is 69.4 Å². The third-order valence-electron chi connectivity index (χ3n) is 6.91. The van der Waals surface area contributed by atoms with Gasteiger partial charge in [-0.25, -0.2) is 4.39 Å². The molecule has 4 aromatic rings. The standard InChI is InChI=1S/C26H22F4I2N6O/c1-36(25(39)19-7-6-15(27)12-20(19)26(28,29)30)16-9-11-37(22(32)13-16)24-18-5-3-2-4-17(18)23(34-35-24)21-8-10-33-38(21)14-31/h2-8,10,12,16,22H,9,11,13-14H2,1H3. The highest BCUT2D eigenvalue weighted by Crippen LogP contribution is 2.37. The van der Waals surface area contributed by atoms with E-state index in [0.717, 1.165) is 34.3 Å². The van der Waals surface area contributed by atoms with Gasteiger partial charge in [-0.15, -0.1) is 10.2 Å². The van der Waals surface area contributed by atoms with Crippen molar-refractivity contribution in [2.75, 3.05) is 18.5 Å². The SMILES string of the molecule is CN(C(=O)c1ccc(F)cc1C(F)(F)F)C1CCN(c2nnc(-c3ccnn3CI)c3ccccc23)C(I)C1. The van der Waals surface area contributed by atoms with E-state index in [0.29, 0.717) is 35.8 Å². The molecule has 2 aromatic heterocycles. The maximum Gasteiger partial charge on any atom is 0.417 e. The molecular weight excluding hydrogens is 742 g/mol. The fourth-order valence-corrected chi connectivity index (χ4v) is 6.57. The zero-order valence-electron chi connectivity index (χ0n) is 20.5. The zero-order chi connectivity index (χ0) is 27.9. The molecule has 3 heterocycles. The summed E-state index contributed by atoms with van der Waals surface area (Å²) >= 11 is 4.51. The highest BCUT2D eigenvalue weighted by molar-refractivity contribution is 14.1. The monoisotopic (exact) mass is 764 g/mol. The molecule has 0 saturated carbocycles. The molecule has 204 valence electrons. The summed E-state index contributed by atoms with van der Waals surface area (Å²) in [6.45, 7) is 0.523. The first-order valence-corrected chi connectivity index (χ1v) is 14.8. The van der Waals surface area contributed by atoms with Gasteiger partial charge in [0.05, 0.1) is 25.4 Å². The van der Waals surface area contributed by atoms with Gasteiger partial charge in [0.2, 0.25) is 0 Å². The van der Waals surface area contributed by atoms with Gasteiger partial charge in [-0.2, -0.15) is 18.3 Å². The Morgan fingerprint density at radius 2 is 1.87 bits per heavy atom. The molecule has 1 saturated heterocycles. The van der Waals surface area contributed by atoms with E-state index in [1.807, 2.05) is 35.0 Å². The summed E-state index contributed by atoms with van der Waals surface area (Å²) in [7, 11) is 1.50. The van der Waals surface area contributed by atoms with Gasteiger partial charge in [-0.3, -0.25) is 9.48 Å². The van der Waals surface area contributed by atoms with Crippen molar-refractivity contribution in [3.8, 4) is 11.4 Å². The van der Waals surface area contributed by atoms with Gasteiger partial charge in [-0.05, 0) is 37.1 Å². The van der Waals surface area contributed by atoms with Gasteiger partial charge in [0.1, 0.15) is 11.5 Å². The Hall–Kier alpha value is -2.56. The van der Waals surface area contributed by atoms with Crippen molar-refractivity contribution in [1.29, 1.82) is 0 Å². The largest absolute Gasteiger partial charge is 0.417 e. The van der Waals surface area contributed by atoms with E-state index < -0.39 is 29.0 Å². The molecule has 1 amide bonds. The summed E-state index contributed by atoms with van der Waals surface area (Å²) in [4.78, 5) is 16.6. The number of carbonyl (C=O) groups is 1. The lowest BCUT2D eigenvalue weighted by atomic mass is 10.00. The van der Waals surface area contributed by atoms with Crippen molar-refractivity contribution in [3.05, 3.63) is 71.7 Å². The number of fused-ring (bicyclic) bond motifs is 1. The van der Waals surface area contributed by atoms with Crippen LogP contribution < -0.4 is 4.90 Å². The van der Waals surface area contributed by atoms with Crippen LogP contribution in [-0.2, 0) is 10.7 Å². The first-order chi connectivity index (χ1) is 18.6. The predicted molar refractivity (Wildman–Crippen MR) is 156 cm³/mol. The summed E-state index contributed by atoms with van der Waals surface area (Å²) < 4.78 is 56.5. The quantitative estimate of drug-likeness (QED) is 0.100. The van der Waals surface area contributed by atoms with Gasteiger partial charge in [0, 0.05) is 36.6 Å². The number of piperidine rings is 1.